The molecule has 1 rings (SSSR count). The van der Waals surface area contributed by atoms with Crippen molar-refractivity contribution in [2.75, 3.05) is 5.32 Å². The zero-order valence-electron chi connectivity index (χ0n) is 8.23. The Morgan fingerprint density at radius 1 is 1.33 bits per heavy atom. The van der Waals surface area contributed by atoms with E-state index in [1.54, 1.807) is 12.1 Å². The minimum atomic E-state index is -0.227. The number of amides is 1. The maximum Gasteiger partial charge on any atom is 0.221 e. The third-order valence-electron chi connectivity index (χ3n) is 1.75. The highest BCUT2D eigenvalue weighted by Gasteiger charge is 2.11. The molecule has 0 fully saturated rings. The Balaban J connectivity index is 3.28. The molecule has 1 amide bonds. The first-order chi connectivity index (χ1) is 6.91. The van der Waals surface area contributed by atoms with Gasteiger partial charge in [-0.1, -0.05) is 11.6 Å². The maximum atomic E-state index is 11.3. The molecule has 15 heavy (non-hydrogen) atoms. The van der Waals surface area contributed by atoms with E-state index < -0.39 is 0 Å². The second kappa shape index (κ2) is 4.94. The Labute approximate surface area is 106 Å². The zero-order valence-corrected chi connectivity index (χ0v) is 11.1. The van der Waals surface area contributed by atoms with Crippen LogP contribution in [0.1, 0.15) is 24.2 Å². The molecule has 0 aliphatic rings. The predicted octanol–water partition coefficient (Wildman–Crippen LogP) is 3.11. The lowest BCUT2D eigenvalue weighted by molar-refractivity contribution is -0.114. The monoisotopic (exact) mass is 337 g/mol. The van der Waals surface area contributed by atoms with Crippen LogP contribution in [-0.4, -0.2) is 11.7 Å². The van der Waals surface area contributed by atoms with Crippen LogP contribution in [0.25, 0.3) is 0 Å². The molecular formula is C10H9ClINO2. The van der Waals surface area contributed by atoms with Crippen molar-refractivity contribution in [3.8, 4) is 0 Å². The van der Waals surface area contributed by atoms with Gasteiger partial charge in [0.05, 0.1) is 10.7 Å². The number of nitrogens with one attached hydrogen (secondary N) is 1. The second-order valence-electron chi connectivity index (χ2n) is 3.05. The fraction of sp³-hybridized carbons (Fsp3) is 0.200. The van der Waals surface area contributed by atoms with Crippen LogP contribution in [0.15, 0.2) is 12.1 Å². The fourth-order valence-corrected chi connectivity index (χ4v) is 1.76. The van der Waals surface area contributed by atoms with Gasteiger partial charge < -0.3 is 5.32 Å². The number of halogens is 2. The molecular weight excluding hydrogens is 328 g/mol. The predicted molar refractivity (Wildman–Crippen MR) is 68.5 cm³/mol. The van der Waals surface area contributed by atoms with Crippen LogP contribution in [0.2, 0.25) is 5.02 Å². The van der Waals surface area contributed by atoms with Gasteiger partial charge >= 0.3 is 0 Å². The Kier molecular flexibility index (Phi) is 4.10. The number of ketones is 1. The molecule has 1 N–H and O–H groups in total. The van der Waals surface area contributed by atoms with Crippen LogP contribution in [-0.2, 0) is 4.79 Å². The third kappa shape index (κ3) is 3.17. The van der Waals surface area contributed by atoms with E-state index in [2.05, 4.69) is 5.32 Å². The average molecular weight is 338 g/mol. The van der Waals surface area contributed by atoms with Crippen molar-refractivity contribution in [3.63, 3.8) is 0 Å². The lowest BCUT2D eigenvalue weighted by Gasteiger charge is -2.09. The first kappa shape index (κ1) is 12.4. The highest BCUT2D eigenvalue weighted by molar-refractivity contribution is 14.1. The Morgan fingerprint density at radius 2 is 1.93 bits per heavy atom. The lowest BCUT2D eigenvalue weighted by Crippen LogP contribution is -2.10. The van der Waals surface area contributed by atoms with Crippen LogP contribution < -0.4 is 5.32 Å². The van der Waals surface area contributed by atoms with Crippen LogP contribution in [0, 0.1) is 3.57 Å². The number of hydrogen-bond donors (Lipinski definition) is 1. The summed E-state index contributed by atoms with van der Waals surface area (Å²) in [7, 11) is 0. The molecule has 0 atom stereocenters. The van der Waals surface area contributed by atoms with Gasteiger partial charge in [-0.2, -0.15) is 0 Å². The van der Waals surface area contributed by atoms with Crippen molar-refractivity contribution in [1.82, 2.24) is 0 Å². The third-order valence-corrected chi connectivity index (χ3v) is 3.27. The van der Waals surface area contributed by atoms with E-state index in [4.69, 9.17) is 11.6 Å². The summed E-state index contributed by atoms with van der Waals surface area (Å²) in [6.45, 7) is 2.83. The van der Waals surface area contributed by atoms with Crippen molar-refractivity contribution < 1.29 is 9.59 Å². The first-order valence-electron chi connectivity index (χ1n) is 4.19. The molecule has 0 aliphatic carbocycles. The van der Waals surface area contributed by atoms with Gasteiger partial charge in [-0.25, -0.2) is 0 Å². The molecule has 0 radical (unpaired) electrons. The van der Waals surface area contributed by atoms with Gasteiger partial charge in [-0.3, -0.25) is 9.59 Å². The molecule has 0 unspecified atom stereocenters. The normalized spacial score (nSPS) is 9.87. The van der Waals surface area contributed by atoms with Crippen molar-refractivity contribution >= 4 is 51.6 Å². The number of carbonyl (C=O) groups is 2. The van der Waals surface area contributed by atoms with Crippen LogP contribution in [0.3, 0.4) is 0 Å². The quantitative estimate of drug-likeness (QED) is 0.666. The summed E-state index contributed by atoms with van der Waals surface area (Å²) in [5.74, 6) is -0.330. The van der Waals surface area contributed by atoms with E-state index in [0.29, 0.717) is 16.3 Å². The standard InChI is InChI=1S/C10H9ClINO2/c1-5(14)7-3-9(12)8(11)4-10(7)13-6(2)15/h3-4H,1-2H3,(H,13,15). The summed E-state index contributed by atoms with van der Waals surface area (Å²) >= 11 is 7.94. The van der Waals surface area contributed by atoms with Crippen molar-refractivity contribution in [2.45, 2.75) is 13.8 Å². The summed E-state index contributed by atoms with van der Waals surface area (Å²) in [4.78, 5) is 22.2. The molecule has 80 valence electrons. The second-order valence-corrected chi connectivity index (χ2v) is 4.62. The van der Waals surface area contributed by atoms with Crippen LogP contribution >= 0.6 is 34.2 Å². The lowest BCUT2D eigenvalue weighted by atomic mass is 10.1. The molecule has 1 aromatic carbocycles. The molecule has 1 aromatic rings. The largest absolute Gasteiger partial charge is 0.326 e. The first-order valence-corrected chi connectivity index (χ1v) is 5.65. The Hall–Kier alpha value is -0.620. The smallest absolute Gasteiger partial charge is 0.221 e. The number of anilines is 1. The molecule has 3 nitrogen and oxygen atoms in total. The molecule has 0 aliphatic heterocycles. The minimum Gasteiger partial charge on any atom is -0.326 e. The van der Waals surface area contributed by atoms with Gasteiger partial charge in [0.1, 0.15) is 0 Å². The molecule has 0 spiro atoms. The van der Waals surface area contributed by atoms with Gasteiger partial charge in [0.25, 0.3) is 0 Å². The van der Waals surface area contributed by atoms with E-state index in [1.165, 1.54) is 13.8 Å². The van der Waals surface area contributed by atoms with Crippen molar-refractivity contribution in [3.05, 3.63) is 26.3 Å². The summed E-state index contributed by atoms with van der Waals surface area (Å²) in [5, 5.41) is 3.09. The number of benzene rings is 1. The van der Waals surface area contributed by atoms with Crippen molar-refractivity contribution in [1.29, 1.82) is 0 Å². The number of hydrogen-bond acceptors (Lipinski definition) is 2. The molecule has 0 saturated heterocycles. The van der Waals surface area contributed by atoms with E-state index in [9.17, 15) is 9.59 Å². The highest BCUT2D eigenvalue weighted by Crippen LogP contribution is 2.27. The molecule has 0 aromatic heterocycles. The summed E-state index contributed by atoms with van der Waals surface area (Å²) < 4.78 is 0.786. The van der Waals surface area contributed by atoms with Crippen molar-refractivity contribution in [2.24, 2.45) is 0 Å². The van der Waals surface area contributed by atoms with Gasteiger partial charge in [0.15, 0.2) is 5.78 Å². The van der Waals surface area contributed by atoms with Crippen LogP contribution in [0.4, 0.5) is 5.69 Å². The minimum absolute atomic E-state index is 0.103. The molecule has 0 saturated carbocycles. The van der Waals surface area contributed by atoms with E-state index >= 15 is 0 Å². The summed E-state index contributed by atoms with van der Waals surface area (Å²) in [6, 6.07) is 3.25. The number of Topliss-reactive ketones (excluding diaryl/α,β-unsaturated/α-hetero) is 1. The van der Waals surface area contributed by atoms with E-state index in [-0.39, 0.29) is 11.7 Å². The van der Waals surface area contributed by atoms with E-state index in [0.717, 1.165) is 3.57 Å². The molecule has 5 heteroatoms. The maximum absolute atomic E-state index is 11.3. The Bertz CT molecular complexity index is 432. The topological polar surface area (TPSA) is 46.2 Å². The average Bonchev–Trinajstić information content (AvgIpc) is 2.09. The van der Waals surface area contributed by atoms with Gasteiger partial charge in [0.2, 0.25) is 5.91 Å². The fourth-order valence-electron chi connectivity index (χ4n) is 1.13. The zero-order chi connectivity index (χ0) is 11.6. The number of carbonyl (C=O) groups excluding carboxylic acids is 2. The summed E-state index contributed by atoms with van der Waals surface area (Å²) in [5.41, 5.74) is 0.930. The van der Waals surface area contributed by atoms with Crippen LogP contribution in [0.5, 0.6) is 0 Å². The number of rotatable bonds is 2. The van der Waals surface area contributed by atoms with Gasteiger partial charge in [0, 0.05) is 16.1 Å². The van der Waals surface area contributed by atoms with Gasteiger partial charge in [-0.05, 0) is 41.6 Å². The van der Waals surface area contributed by atoms with Gasteiger partial charge in [-0.15, -0.1) is 0 Å². The SMILES string of the molecule is CC(=O)Nc1cc(Cl)c(I)cc1C(C)=O. The van der Waals surface area contributed by atoms with E-state index in [1.807, 2.05) is 22.6 Å². The Morgan fingerprint density at radius 3 is 2.40 bits per heavy atom. The molecule has 0 heterocycles. The molecule has 0 bridgehead atoms. The highest BCUT2D eigenvalue weighted by atomic mass is 127. The summed E-state index contributed by atoms with van der Waals surface area (Å²) in [6.07, 6.45) is 0.